The van der Waals surface area contributed by atoms with Crippen molar-refractivity contribution in [1.29, 1.82) is 0 Å². The second-order valence-electron chi connectivity index (χ2n) is 6.08. The number of pyridine rings is 1. The van der Waals surface area contributed by atoms with Crippen molar-refractivity contribution in [3.63, 3.8) is 0 Å². The minimum Gasteiger partial charge on any atom is -0.435 e. The number of rotatable bonds is 6. The fourth-order valence-corrected chi connectivity index (χ4v) is 3.47. The zero-order valence-electron chi connectivity index (χ0n) is 14.8. The Bertz CT molecular complexity index is 1070. The van der Waals surface area contributed by atoms with Crippen LogP contribution in [0.15, 0.2) is 54.2 Å². The predicted molar refractivity (Wildman–Crippen MR) is 110 cm³/mol. The molecule has 0 spiro atoms. The van der Waals surface area contributed by atoms with Gasteiger partial charge in [-0.25, -0.2) is 9.97 Å². The van der Waals surface area contributed by atoms with Crippen molar-refractivity contribution >= 4 is 33.7 Å². The van der Waals surface area contributed by atoms with Gasteiger partial charge in [0.15, 0.2) is 11.6 Å². The summed E-state index contributed by atoms with van der Waals surface area (Å²) in [5, 5.41) is 6.33. The van der Waals surface area contributed by atoms with Gasteiger partial charge < -0.3 is 15.8 Å². The highest BCUT2D eigenvalue weighted by molar-refractivity contribution is 7.09. The third-order valence-electron chi connectivity index (χ3n) is 4.12. The first-order valence-electron chi connectivity index (χ1n) is 8.61. The fourth-order valence-electron chi connectivity index (χ4n) is 2.76. The summed E-state index contributed by atoms with van der Waals surface area (Å²) in [4.78, 5) is 14.3. The summed E-state index contributed by atoms with van der Waals surface area (Å²) < 4.78 is 5.99. The summed E-state index contributed by atoms with van der Waals surface area (Å²) in [7, 11) is 0. The van der Waals surface area contributed by atoms with Gasteiger partial charge in [0.1, 0.15) is 17.5 Å². The van der Waals surface area contributed by atoms with E-state index >= 15 is 0 Å². The second-order valence-corrected chi connectivity index (χ2v) is 7.11. The molecular formula is C20H19N5OS. The lowest BCUT2D eigenvalue weighted by Gasteiger charge is -2.12. The Labute approximate surface area is 161 Å². The monoisotopic (exact) mass is 377 g/mol. The van der Waals surface area contributed by atoms with Crippen LogP contribution in [-0.2, 0) is 6.42 Å². The molecule has 0 unspecified atom stereocenters. The molecule has 0 bridgehead atoms. The molecule has 0 saturated heterocycles. The zero-order chi connectivity index (χ0) is 18.6. The number of para-hydroxylation sites is 1. The van der Waals surface area contributed by atoms with Crippen molar-refractivity contribution in [3.8, 4) is 11.6 Å². The van der Waals surface area contributed by atoms with Crippen molar-refractivity contribution in [2.24, 2.45) is 0 Å². The van der Waals surface area contributed by atoms with E-state index in [2.05, 4.69) is 31.7 Å². The number of hydrogen-bond acceptors (Lipinski definition) is 7. The molecule has 6 nitrogen and oxygen atoms in total. The summed E-state index contributed by atoms with van der Waals surface area (Å²) in [6.07, 6.45) is 2.35. The quantitative estimate of drug-likeness (QED) is 0.517. The molecule has 136 valence electrons. The summed E-state index contributed by atoms with van der Waals surface area (Å²) in [6.45, 7) is 2.68. The maximum Gasteiger partial charge on any atom is 0.248 e. The molecule has 3 heterocycles. The van der Waals surface area contributed by atoms with Crippen LogP contribution in [0, 0.1) is 6.92 Å². The summed E-state index contributed by atoms with van der Waals surface area (Å²) >= 11 is 1.73. The number of nitrogens with two attached hydrogens (primary N) is 1. The number of thiophene rings is 1. The normalized spacial score (nSPS) is 10.9. The number of nitrogen functional groups attached to an aromatic ring is 1. The van der Waals surface area contributed by atoms with Crippen LogP contribution in [0.25, 0.3) is 10.9 Å². The van der Waals surface area contributed by atoms with Crippen molar-refractivity contribution in [2.75, 3.05) is 17.6 Å². The third-order valence-corrected chi connectivity index (χ3v) is 5.06. The van der Waals surface area contributed by atoms with Crippen molar-refractivity contribution in [2.45, 2.75) is 13.3 Å². The lowest BCUT2D eigenvalue weighted by Crippen LogP contribution is -2.09. The zero-order valence-corrected chi connectivity index (χ0v) is 15.7. The maximum atomic E-state index is 6.23. The molecule has 4 aromatic rings. The van der Waals surface area contributed by atoms with Crippen molar-refractivity contribution < 1.29 is 4.74 Å². The van der Waals surface area contributed by atoms with Crippen LogP contribution in [0.3, 0.4) is 0 Å². The summed E-state index contributed by atoms with van der Waals surface area (Å²) in [5.74, 6) is 1.51. The summed E-state index contributed by atoms with van der Waals surface area (Å²) in [5.41, 5.74) is 8.32. The molecule has 0 fully saturated rings. The van der Waals surface area contributed by atoms with E-state index in [1.165, 1.54) is 11.2 Å². The van der Waals surface area contributed by atoms with E-state index < -0.39 is 0 Å². The largest absolute Gasteiger partial charge is 0.435 e. The van der Waals surface area contributed by atoms with Gasteiger partial charge in [0, 0.05) is 22.5 Å². The SMILES string of the molecule is Cc1ccc2cccc(Oc3ncnc(NCCc4cccs4)c3N)c2n1. The highest BCUT2D eigenvalue weighted by Gasteiger charge is 2.12. The van der Waals surface area contributed by atoms with Crippen LogP contribution in [0.1, 0.15) is 10.6 Å². The number of aromatic nitrogens is 3. The molecule has 0 amide bonds. The Balaban J connectivity index is 1.55. The minimum atomic E-state index is 0.319. The van der Waals surface area contributed by atoms with E-state index in [0.717, 1.165) is 29.6 Å². The van der Waals surface area contributed by atoms with Crippen LogP contribution in [0.4, 0.5) is 11.5 Å². The standard InChI is InChI=1S/C20H19N5OS/c1-13-7-8-14-4-2-6-16(18(14)25-13)26-20-17(21)19(23-12-24-20)22-10-9-15-5-3-11-27-15/h2-8,11-12H,9-10,21H2,1H3,(H,22,23,24). The third kappa shape index (κ3) is 3.83. The summed E-state index contributed by atoms with van der Waals surface area (Å²) in [6, 6.07) is 13.9. The van der Waals surface area contributed by atoms with Gasteiger partial charge in [-0.2, -0.15) is 4.98 Å². The molecule has 7 heteroatoms. The Hall–Kier alpha value is -3.19. The second kappa shape index (κ2) is 7.59. The highest BCUT2D eigenvalue weighted by Crippen LogP contribution is 2.32. The molecule has 0 aliphatic heterocycles. The molecule has 3 aromatic heterocycles. The predicted octanol–water partition coefficient (Wildman–Crippen LogP) is 4.42. The van der Waals surface area contributed by atoms with Crippen LogP contribution in [0.2, 0.25) is 0 Å². The Morgan fingerprint density at radius 3 is 2.89 bits per heavy atom. The topological polar surface area (TPSA) is 86.0 Å². The van der Waals surface area contributed by atoms with Gasteiger partial charge >= 0.3 is 0 Å². The van der Waals surface area contributed by atoms with E-state index in [1.54, 1.807) is 11.3 Å². The molecular weight excluding hydrogens is 358 g/mol. The first-order valence-corrected chi connectivity index (χ1v) is 9.49. The van der Waals surface area contributed by atoms with Gasteiger partial charge in [0.2, 0.25) is 5.88 Å². The average Bonchev–Trinajstić information content (AvgIpc) is 3.18. The molecule has 0 aliphatic carbocycles. The van der Waals surface area contributed by atoms with Gasteiger partial charge in [-0.05, 0) is 36.9 Å². The minimum absolute atomic E-state index is 0.319. The van der Waals surface area contributed by atoms with E-state index in [9.17, 15) is 0 Å². The molecule has 27 heavy (non-hydrogen) atoms. The van der Waals surface area contributed by atoms with Gasteiger partial charge in [0.25, 0.3) is 0 Å². The molecule has 0 atom stereocenters. The smallest absolute Gasteiger partial charge is 0.248 e. The number of anilines is 2. The number of nitrogens with one attached hydrogen (secondary N) is 1. The lowest BCUT2D eigenvalue weighted by atomic mass is 10.2. The van der Waals surface area contributed by atoms with Crippen molar-refractivity contribution in [1.82, 2.24) is 15.0 Å². The van der Waals surface area contributed by atoms with E-state index in [-0.39, 0.29) is 0 Å². The Morgan fingerprint density at radius 2 is 2.04 bits per heavy atom. The maximum absolute atomic E-state index is 6.23. The number of benzene rings is 1. The number of aryl methyl sites for hydroxylation is 1. The van der Waals surface area contributed by atoms with Gasteiger partial charge in [-0.3, -0.25) is 0 Å². The van der Waals surface area contributed by atoms with Crippen molar-refractivity contribution in [3.05, 3.63) is 64.7 Å². The molecule has 0 saturated carbocycles. The number of fused-ring (bicyclic) bond motifs is 1. The van der Waals surface area contributed by atoms with E-state index in [1.807, 2.05) is 43.3 Å². The van der Waals surface area contributed by atoms with Gasteiger partial charge in [-0.15, -0.1) is 11.3 Å². The van der Waals surface area contributed by atoms with E-state index in [4.69, 9.17) is 10.5 Å². The molecule has 0 aliphatic rings. The van der Waals surface area contributed by atoms with Crippen LogP contribution in [-0.4, -0.2) is 21.5 Å². The van der Waals surface area contributed by atoms with Gasteiger partial charge in [-0.1, -0.05) is 24.3 Å². The van der Waals surface area contributed by atoms with Gasteiger partial charge in [0.05, 0.1) is 0 Å². The Kier molecular flexibility index (Phi) is 4.84. The molecule has 4 rings (SSSR count). The average molecular weight is 377 g/mol. The molecule has 3 N–H and O–H groups in total. The number of nitrogens with zero attached hydrogens (tertiary/aromatic N) is 3. The number of hydrogen-bond donors (Lipinski definition) is 2. The van der Waals surface area contributed by atoms with Crippen LogP contribution >= 0.6 is 11.3 Å². The molecule has 1 aromatic carbocycles. The molecule has 0 radical (unpaired) electrons. The number of ether oxygens (including phenoxy) is 1. The fraction of sp³-hybridized carbons (Fsp3) is 0.150. The Morgan fingerprint density at radius 1 is 1.11 bits per heavy atom. The lowest BCUT2D eigenvalue weighted by molar-refractivity contribution is 0.468. The first kappa shape index (κ1) is 17.2. The highest BCUT2D eigenvalue weighted by atomic mass is 32.1. The van der Waals surface area contributed by atoms with E-state index in [0.29, 0.717) is 23.1 Å². The van der Waals surface area contributed by atoms with Crippen LogP contribution < -0.4 is 15.8 Å². The first-order chi connectivity index (χ1) is 13.2. The van der Waals surface area contributed by atoms with Crippen LogP contribution in [0.5, 0.6) is 11.6 Å².